The molecule has 140 valence electrons. The highest BCUT2D eigenvalue weighted by atomic mass is 35.5. The van der Waals surface area contributed by atoms with E-state index in [1.807, 2.05) is 18.4 Å². The largest absolute Gasteiger partial charge is 0.455 e. The Morgan fingerprint density at radius 2 is 1.57 bits per heavy atom. The van der Waals surface area contributed by atoms with Crippen molar-refractivity contribution in [2.45, 2.75) is 4.90 Å². The fourth-order valence-corrected chi connectivity index (χ4v) is 3.78. The number of halogens is 1. The molecule has 0 saturated heterocycles. The lowest BCUT2D eigenvalue weighted by molar-refractivity contribution is 0.0980. The van der Waals surface area contributed by atoms with Crippen LogP contribution in [-0.4, -0.2) is 17.8 Å². The van der Waals surface area contributed by atoms with E-state index in [1.165, 1.54) is 18.2 Å². The van der Waals surface area contributed by atoms with Gasteiger partial charge >= 0.3 is 0 Å². The van der Waals surface area contributed by atoms with Gasteiger partial charge in [-0.05, 0) is 48.7 Å². The summed E-state index contributed by atoms with van der Waals surface area (Å²) in [6.07, 6.45) is 1.98. The molecule has 0 fully saturated rings. The SMILES string of the molecule is CSc1ccc(Oc2cc(N)c3c(c2N)C(=O)c2cc(Cl)ccc2C3=O)cc1. The van der Waals surface area contributed by atoms with Crippen molar-refractivity contribution < 1.29 is 14.3 Å². The van der Waals surface area contributed by atoms with Crippen molar-refractivity contribution in [3.63, 3.8) is 0 Å². The van der Waals surface area contributed by atoms with E-state index in [0.717, 1.165) is 4.90 Å². The summed E-state index contributed by atoms with van der Waals surface area (Å²) in [4.78, 5) is 27.0. The fraction of sp³-hybridized carbons (Fsp3) is 0.0476. The highest BCUT2D eigenvalue weighted by Crippen LogP contribution is 2.41. The first-order chi connectivity index (χ1) is 13.4. The maximum Gasteiger partial charge on any atom is 0.196 e. The van der Waals surface area contributed by atoms with Gasteiger partial charge < -0.3 is 16.2 Å². The predicted molar refractivity (Wildman–Crippen MR) is 112 cm³/mol. The van der Waals surface area contributed by atoms with Crippen molar-refractivity contribution in [2.75, 3.05) is 17.7 Å². The Morgan fingerprint density at radius 1 is 0.893 bits per heavy atom. The molecule has 3 aromatic carbocycles. The number of nitrogens with two attached hydrogens (primary N) is 2. The Labute approximate surface area is 170 Å². The van der Waals surface area contributed by atoms with Crippen LogP contribution in [0.15, 0.2) is 53.4 Å². The lowest BCUT2D eigenvalue weighted by Crippen LogP contribution is -2.24. The van der Waals surface area contributed by atoms with Gasteiger partial charge in [0.1, 0.15) is 5.75 Å². The average Bonchev–Trinajstić information content (AvgIpc) is 2.69. The molecule has 0 heterocycles. The quantitative estimate of drug-likeness (QED) is 0.372. The molecule has 0 aromatic heterocycles. The molecule has 0 spiro atoms. The number of ether oxygens (including phenoxy) is 1. The molecule has 0 amide bonds. The van der Waals surface area contributed by atoms with Gasteiger partial charge in [0.25, 0.3) is 0 Å². The molecule has 4 rings (SSSR count). The standard InChI is InChI=1S/C21H15ClN2O3S/c1-28-12-5-3-11(4-6-12)27-16-9-15(23)17-18(19(16)24)21(26)14-8-10(22)2-7-13(14)20(17)25/h2-9H,23-24H2,1H3. The van der Waals surface area contributed by atoms with Crippen molar-refractivity contribution in [2.24, 2.45) is 0 Å². The van der Waals surface area contributed by atoms with Gasteiger partial charge in [-0.3, -0.25) is 9.59 Å². The third-order valence-corrected chi connectivity index (χ3v) is 5.55. The lowest BCUT2D eigenvalue weighted by Gasteiger charge is -2.22. The number of hydrogen-bond acceptors (Lipinski definition) is 6. The van der Waals surface area contributed by atoms with Crippen LogP contribution in [0.4, 0.5) is 11.4 Å². The normalized spacial score (nSPS) is 12.5. The van der Waals surface area contributed by atoms with Crippen LogP contribution in [-0.2, 0) is 0 Å². The van der Waals surface area contributed by atoms with E-state index < -0.39 is 5.78 Å². The third kappa shape index (κ3) is 2.91. The summed E-state index contributed by atoms with van der Waals surface area (Å²) in [5.74, 6) is 0.00230. The predicted octanol–water partition coefficient (Wildman–Crippen LogP) is 4.79. The first-order valence-electron chi connectivity index (χ1n) is 8.33. The van der Waals surface area contributed by atoms with Crippen LogP contribution in [0.25, 0.3) is 0 Å². The number of carbonyl (C=O) groups is 2. The summed E-state index contributed by atoms with van der Waals surface area (Å²) in [5, 5.41) is 0.358. The molecular weight excluding hydrogens is 396 g/mol. The molecule has 4 N–H and O–H groups in total. The van der Waals surface area contributed by atoms with E-state index in [0.29, 0.717) is 10.8 Å². The molecule has 0 radical (unpaired) electrons. The van der Waals surface area contributed by atoms with E-state index in [1.54, 1.807) is 30.0 Å². The summed E-state index contributed by atoms with van der Waals surface area (Å²) in [5.41, 5.74) is 13.2. The monoisotopic (exact) mass is 410 g/mol. The van der Waals surface area contributed by atoms with Crippen LogP contribution < -0.4 is 16.2 Å². The number of fused-ring (bicyclic) bond motifs is 2. The second kappa shape index (κ2) is 6.89. The van der Waals surface area contributed by atoms with Crippen LogP contribution in [0.2, 0.25) is 5.02 Å². The Bertz CT molecular complexity index is 1140. The average molecular weight is 411 g/mol. The number of rotatable bonds is 3. The van der Waals surface area contributed by atoms with Crippen molar-refractivity contribution in [3.8, 4) is 11.5 Å². The highest BCUT2D eigenvalue weighted by molar-refractivity contribution is 7.98. The molecule has 3 aromatic rings. The molecule has 1 aliphatic carbocycles. The molecule has 28 heavy (non-hydrogen) atoms. The molecule has 0 atom stereocenters. The van der Waals surface area contributed by atoms with Crippen LogP contribution >= 0.6 is 23.4 Å². The van der Waals surface area contributed by atoms with E-state index in [-0.39, 0.29) is 45.2 Å². The zero-order valence-electron chi connectivity index (χ0n) is 14.8. The zero-order chi connectivity index (χ0) is 20.0. The zero-order valence-corrected chi connectivity index (χ0v) is 16.4. The molecule has 0 bridgehead atoms. The first kappa shape index (κ1) is 18.4. The number of hydrogen-bond donors (Lipinski definition) is 2. The van der Waals surface area contributed by atoms with E-state index in [2.05, 4.69) is 0 Å². The van der Waals surface area contributed by atoms with Crippen molar-refractivity contribution in [1.82, 2.24) is 0 Å². The first-order valence-corrected chi connectivity index (χ1v) is 9.93. The summed E-state index contributed by atoms with van der Waals surface area (Å²) in [7, 11) is 0. The lowest BCUT2D eigenvalue weighted by atomic mass is 9.82. The fourth-order valence-electron chi connectivity index (χ4n) is 3.20. The molecule has 0 unspecified atom stereocenters. The Morgan fingerprint density at radius 3 is 2.25 bits per heavy atom. The maximum atomic E-state index is 13.1. The molecule has 0 aliphatic heterocycles. The second-order valence-corrected chi connectivity index (χ2v) is 7.57. The highest BCUT2D eigenvalue weighted by Gasteiger charge is 2.34. The van der Waals surface area contributed by atoms with Gasteiger partial charge in [-0.2, -0.15) is 0 Å². The van der Waals surface area contributed by atoms with Crippen LogP contribution in [0.5, 0.6) is 11.5 Å². The number of benzene rings is 3. The number of thioether (sulfide) groups is 1. The Balaban J connectivity index is 1.83. The van der Waals surface area contributed by atoms with Crippen molar-refractivity contribution in [1.29, 1.82) is 0 Å². The van der Waals surface area contributed by atoms with E-state index in [4.69, 9.17) is 27.8 Å². The van der Waals surface area contributed by atoms with Crippen molar-refractivity contribution >= 4 is 46.3 Å². The van der Waals surface area contributed by atoms with Crippen LogP contribution in [0.3, 0.4) is 0 Å². The van der Waals surface area contributed by atoms with E-state index >= 15 is 0 Å². The Hall–Kier alpha value is -2.96. The van der Waals surface area contributed by atoms with Gasteiger partial charge in [-0.15, -0.1) is 11.8 Å². The summed E-state index contributed by atoms with van der Waals surface area (Å²) >= 11 is 7.62. The van der Waals surface area contributed by atoms with Gasteiger partial charge in [-0.1, -0.05) is 11.6 Å². The molecular formula is C21H15ClN2O3S. The number of nitrogen functional groups attached to an aromatic ring is 2. The smallest absolute Gasteiger partial charge is 0.196 e. The number of ketones is 2. The molecule has 1 aliphatic rings. The number of carbonyl (C=O) groups excluding carboxylic acids is 2. The second-order valence-electron chi connectivity index (χ2n) is 6.25. The minimum Gasteiger partial charge on any atom is -0.455 e. The van der Waals surface area contributed by atoms with Crippen LogP contribution in [0.1, 0.15) is 31.8 Å². The minimum absolute atomic E-state index is 0.0514. The summed E-state index contributed by atoms with van der Waals surface area (Å²) < 4.78 is 5.85. The molecule has 0 saturated carbocycles. The molecule has 7 heteroatoms. The van der Waals surface area contributed by atoms with Crippen molar-refractivity contribution in [3.05, 3.63) is 75.8 Å². The minimum atomic E-state index is -0.403. The van der Waals surface area contributed by atoms with Gasteiger partial charge in [-0.25, -0.2) is 0 Å². The van der Waals surface area contributed by atoms with Crippen LogP contribution in [0, 0.1) is 0 Å². The Kier molecular flexibility index (Phi) is 4.53. The topological polar surface area (TPSA) is 95.4 Å². The maximum absolute atomic E-state index is 13.1. The summed E-state index contributed by atoms with van der Waals surface area (Å²) in [6, 6.07) is 13.4. The van der Waals surface area contributed by atoms with Gasteiger partial charge in [0, 0.05) is 32.8 Å². The van der Waals surface area contributed by atoms with Gasteiger partial charge in [0.15, 0.2) is 17.3 Å². The number of anilines is 2. The van der Waals surface area contributed by atoms with Gasteiger partial charge in [0.2, 0.25) is 0 Å². The summed E-state index contributed by atoms with van der Waals surface area (Å²) in [6.45, 7) is 0. The van der Waals surface area contributed by atoms with E-state index in [9.17, 15) is 9.59 Å². The van der Waals surface area contributed by atoms with Gasteiger partial charge in [0.05, 0.1) is 16.8 Å². The third-order valence-electron chi connectivity index (χ3n) is 4.57. The molecule has 5 nitrogen and oxygen atoms in total.